The summed E-state index contributed by atoms with van der Waals surface area (Å²) >= 11 is 0. The molecule has 5 heteroatoms. The first-order valence-electron chi connectivity index (χ1n) is 4.18. The molecule has 2 heterocycles. The van der Waals surface area contributed by atoms with E-state index in [4.69, 9.17) is 5.11 Å². The molecular formula is C9H9N3O2. The quantitative estimate of drug-likeness (QED) is 0.757. The van der Waals surface area contributed by atoms with Crippen molar-refractivity contribution in [3.8, 4) is 0 Å². The van der Waals surface area contributed by atoms with Crippen LogP contribution in [0.5, 0.6) is 0 Å². The lowest BCUT2D eigenvalue weighted by molar-refractivity contribution is -0.136. The summed E-state index contributed by atoms with van der Waals surface area (Å²) in [6.07, 6.45) is 3.27. The summed E-state index contributed by atoms with van der Waals surface area (Å²) < 4.78 is 1.57. The number of aromatic nitrogens is 3. The van der Waals surface area contributed by atoms with Gasteiger partial charge in [-0.1, -0.05) is 0 Å². The average molecular weight is 191 g/mol. The lowest BCUT2D eigenvalue weighted by Crippen LogP contribution is -1.99. The minimum Gasteiger partial charge on any atom is -0.481 e. The van der Waals surface area contributed by atoms with Gasteiger partial charge in [-0.3, -0.25) is 4.79 Å². The fourth-order valence-corrected chi connectivity index (χ4v) is 1.26. The fourth-order valence-electron chi connectivity index (χ4n) is 1.26. The lowest BCUT2D eigenvalue weighted by Gasteiger charge is -1.91. The van der Waals surface area contributed by atoms with Crippen molar-refractivity contribution in [2.75, 3.05) is 0 Å². The van der Waals surface area contributed by atoms with E-state index >= 15 is 0 Å². The molecule has 14 heavy (non-hydrogen) atoms. The SMILES string of the molecule is Cc1cnn2cc(CC(=O)O)nc2c1. The normalized spacial score (nSPS) is 10.6. The maximum absolute atomic E-state index is 10.4. The molecule has 0 saturated heterocycles. The molecule has 2 aromatic heterocycles. The number of hydrogen-bond acceptors (Lipinski definition) is 3. The van der Waals surface area contributed by atoms with Crippen molar-refractivity contribution >= 4 is 11.6 Å². The Morgan fingerprint density at radius 2 is 2.43 bits per heavy atom. The Morgan fingerprint density at radius 3 is 3.14 bits per heavy atom. The first-order valence-corrected chi connectivity index (χ1v) is 4.18. The number of aliphatic carboxylic acids is 1. The van der Waals surface area contributed by atoms with Gasteiger partial charge in [-0.05, 0) is 18.6 Å². The number of nitrogens with zero attached hydrogens (tertiary/aromatic N) is 3. The maximum Gasteiger partial charge on any atom is 0.309 e. The van der Waals surface area contributed by atoms with E-state index in [0.29, 0.717) is 11.3 Å². The Bertz CT molecular complexity index is 490. The zero-order chi connectivity index (χ0) is 10.1. The van der Waals surface area contributed by atoms with Crippen molar-refractivity contribution in [2.45, 2.75) is 13.3 Å². The second kappa shape index (κ2) is 3.10. The molecule has 0 unspecified atom stereocenters. The topological polar surface area (TPSA) is 67.5 Å². The highest BCUT2D eigenvalue weighted by Gasteiger charge is 2.06. The third-order valence-electron chi connectivity index (χ3n) is 1.84. The summed E-state index contributed by atoms with van der Waals surface area (Å²) in [6.45, 7) is 1.92. The zero-order valence-corrected chi connectivity index (χ0v) is 7.64. The van der Waals surface area contributed by atoms with Gasteiger partial charge in [-0.2, -0.15) is 5.10 Å². The number of rotatable bonds is 2. The van der Waals surface area contributed by atoms with E-state index in [1.165, 1.54) is 0 Å². The van der Waals surface area contributed by atoms with Crippen LogP contribution in [0.15, 0.2) is 18.5 Å². The number of fused-ring (bicyclic) bond motifs is 1. The average Bonchev–Trinajstić information content (AvgIpc) is 2.44. The second-order valence-corrected chi connectivity index (χ2v) is 3.14. The van der Waals surface area contributed by atoms with Crippen LogP contribution in [-0.2, 0) is 11.2 Å². The maximum atomic E-state index is 10.4. The van der Waals surface area contributed by atoms with Crippen molar-refractivity contribution < 1.29 is 9.90 Å². The minimum absolute atomic E-state index is 0.0671. The molecule has 0 amide bonds. The van der Waals surface area contributed by atoms with Crippen LogP contribution in [0.4, 0.5) is 0 Å². The summed E-state index contributed by atoms with van der Waals surface area (Å²) in [5.41, 5.74) is 2.21. The van der Waals surface area contributed by atoms with Gasteiger partial charge in [-0.15, -0.1) is 0 Å². The molecule has 0 aliphatic carbocycles. The summed E-state index contributed by atoms with van der Waals surface area (Å²) in [5.74, 6) is -0.884. The molecule has 72 valence electrons. The number of aryl methyl sites for hydroxylation is 1. The molecular weight excluding hydrogens is 182 g/mol. The molecule has 0 atom stereocenters. The van der Waals surface area contributed by atoms with Crippen LogP contribution in [0, 0.1) is 6.92 Å². The Morgan fingerprint density at radius 1 is 1.64 bits per heavy atom. The van der Waals surface area contributed by atoms with E-state index in [1.54, 1.807) is 16.9 Å². The van der Waals surface area contributed by atoms with Gasteiger partial charge >= 0.3 is 5.97 Å². The number of carboxylic acids is 1. The molecule has 0 radical (unpaired) electrons. The van der Waals surface area contributed by atoms with Gasteiger partial charge in [0.1, 0.15) is 0 Å². The van der Waals surface area contributed by atoms with Crippen LogP contribution in [0.2, 0.25) is 0 Å². The Kier molecular flexibility index (Phi) is 1.92. The van der Waals surface area contributed by atoms with Crippen LogP contribution in [0.25, 0.3) is 5.65 Å². The van der Waals surface area contributed by atoms with Crippen molar-refractivity contribution in [2.24, 2.45) is 0 Å². The van der Waals surface area contributed by atoms with E-state index < -0.39 is 5.97 Å². The Labute approximate surface area is 80.0 Å². The zero-order valence-electron chi connectivity index (χ0n) is 7.64. The third kappa shape index (κ3) is 1.56. The molecule has 5 nitrogen and oxygen atoms in total. The highest BCUT2D eigenvalue weighted by atomic mass is 16.4. The number of carbonyl (C=O) groups is 1. The first kappa shape index (κ1) is 8.68. The molecule has 1 N–H and O–H groups in total. The van der Waals surface area contributed by atoms with Gasteiger partial charge < -0.3 is 5.11 Å². The standard InChI is InChI=1S/C9H9N3O2/c1-6-2-8-11-7(3-9(13)14)5-12(8)10-4-6/h2,4-5H,3H2,1H3,(H,13,14). The molecule has 0 aromatic carbocycles. The van der Waals surface area contributed by atoms with Crippen molar-refractivity contribution in [1.29, 1.82) is 0 Å². The van der Waals surface area contributed by atoms with Gasteiger partial charge in [0.2, 0.25) is 0 Å². The lowest BCUT2D eigenvalue weighted by atomic mass is 10.3. The fraction of sp³-hybridized carbons (Fsp3) is 0.222. The van der Waals surface area contributed by atoms with Crippen LogP contribution in [0.1, 0.15) is 11.3 Å². The third-order valence-corrected chi connectivity index (χ3v) is 1.84. The van der Waals surface area contributed by atoms with Crippen molar-refractivity contribution in [3.63, 3.8) is 0 Å². The van der Waals surface area contributed by atoms with E-state index in [9.17, 15) is 4.79 Å². The van der Waals surface area contributed by atoms with Crippen molar-refractivity contribution in [1.82, 2.24) is 14.6 Å². The Balaban J connectivity index is 2.46. The smallest absolute Gasteiger partial charge is 0.309 e. The van der Waals surface area contributed by atoms with Gasteiger partial charge in [0.25, 0.3) is 0 Å². The van der Waals surface area contributed by atoms with Crippen LogP contribution in [-0.4, -0.2) is 25.7 Å². The minimum atomic E-state index is -0.884. The van der Waals surface area contributed by atoms with E-state index in [1.807, 2.05) is 13.0 Å². The van der Waals surface area contributed by atoms with Gasteiger partial charge in [0, 0.05) is 0 Å². The summed E-state index contributed by atoms with van der Waals surface area (Å²) in [4.78, 5) is 14.6. The van der Waals surface area contributed by atoms with E-state index in [-0.39, 0.29) is 6.42 Å². The van der Waals surface area contributed by atoms with Crippen molar-refractivity contribution in [3.05, 3.63) is 29.7 Å². The predicted octanol–water partition coefficient (Wildman–Crippen LogP) is 0.665. The molecule has 0 aliphatic heterocycles. The summed E-state index contributed by atoms with van der Waals surface area (Å²) in [6, 6.07) is 1.86. The van der Waals surface area contributed by atoms with Gasteiger partial charge in [0.05, 0.1) is 24.5 Å². The molecule has 0 fully saturated rings. The summed E-state index contributed by atoms with van der Waals surface area (Å²) in [5, 5.41) is 12.6. The van der Waals surface area contributed by atoms with Gasteiger partial charge in [0.15, 0.2) is 5.65 Å². The van der Waals surface area contributed by atoms with Gasteiger partial charge in [-0.25, -0.2) is 9.50 Å². The Hall–Kier alpha value is -1.91. The molecule has 0 spiro atoms. The molecule has 0 saturated carbocycles. The van der Waals surface area contributed by atoms with Crippen LogP contribution < -0.4 is 0 Å². The molecule has 0 aliphatic rings. The van der Waals surface area contributed by atoms with Crippen LogP contribution in [0.3, 0.4) is 0 Å². The first-order chi connectivity index (χ1) is 6.65. The molecule has 2 rings (SSSR count). The number of imidazole rings is 1. The summed E-state index contributed by atoms with van der Waals surface area (Å²) in [7, 11) is 0. The monoisotopic (exact) mass is 191 g/mol. The van der Waals surface area contributed by atoms with Crippen LogP contribution >= 0.6 is 0 Å². The predicted molar refractivity (Wildman–Crippen MR) is 49.1 cm³/mol. The molecule has 2 aromatic rings. The largest absolute Gasteiger partial charge is 0.481 e. The second-order valence-electron chi connectivity index (χ2n) is 3.14. The van der Waals surface area contributed by atoms with E-state index in [2.05, 4.69) is 10.1 Å². The molecule has 0 bridgehead atoms. The number of hydrogen-bond donors (Lipinski definition) is 1. The highest BCUT2D eigenvalue weighted by molar-refractivity contribution is 5.69. The highest BCUT2D eigenvalue weighted by Crippen LogP contribution is 2.05. The number of carboxylic acid groups (broad SMARTS) is 1. The van der Waals surface area contributed by atoms with E-state index in [0.717, 1.165) is 5.56 Å².